The number of amides is 1. The van der Waals surface area contributed by atoms with Crippen molar-refractivity contribution in [3.63, 3.8) is 0 Å². The molecule has 1 saturated carbocycles. The van der Waals surface area contributed by atoms with Crippen LogP contribution in [0.15, 0.2) is 30.3 Å². The van der Waals surface area contributed by atoms with Gasteiger partial charge in [-0.15, -0.1) is 0 Å². The molecular formula is C20H32N2O3S. The monoisotopic (exact) mass is 380 g/mol. The summed E-state index contributed by atoms with van der Waals surface area (Å²) in [6.45, 7) is 8.27. The first-order valence-corrected chi connectivity index (χ1v) is 11.1. The van der Waals surface area contributed by atoms with Crippen molar-refractivity contribution in [2.24, 2.45) is 11.3 Å². The van der Waals surface area contributed by atoms with Crippen LogP contribution in [0.25, 0.3) is 0 Å². The Hall–Kier alpha value is -1.40. The first-order chi connectivity index (χ1) is 12.1. The first-order valence-electron chi connectivity index (χ1n) is 9.41. The SMILES string of the molecule is CC1CCC(NS(=O)(=O)CC(=O)NC(c2ccccc2)C(C)(C)C)CC1. The lowest BCUT2D eigenvalue weighted by atomic mass is 9.82. The van der Waals surface area contributed by atoms with E-state index in [1.54, 1.807) is 0 Å². The maximum Gasteiger partial charge on any atom is 0.237 e. The van der Waals surface area contributed by atoms with Gasteiger partial charge in [0.15, 0.2) is 0 Å². The summed E-state index contributed by atoms with van der Waals surface area (Å²) in [6, 6.07) is 9.37. The quantitative estimate of drug-likeness (QED) is 0.794. The van der Waals surface area contributed by atoms with Gasteiger partial charge in [-0.1, -0.05) is 58.0 Å². The zero-order valence-corrected chi connectivity index (χ0v) is 17.1. The van der Waals surface area contributed by atoms with E-state index >= 15 is 0 Å². The van der Waals surface area contributed by atoms with E-state index in [0.29, 0.717) is 5.92 Å². The zero-order chi connectivity index (χ0) is 19.4. The number of hydrogen-bond donors (Lipinski definition) is 2. The minimum Gasteiger partial charge on any atom is -0.348 e. The molecule has 1 aromatic rings. The van der Waals surface area contributed by atoms with Crippen molar-refractivity contribution >= 4 is 15.9 Å². The molecule has 146 valence electrons. The van der Waals surface area contributed by atoms with Gasteiger partial charge < -0.3 is 5.32 Å². The predicted molar refractivity (Wildman–Crippen MR) is 105 cm³/mol. The van der Waals surface area contributed by atoms with Gasteiger partial charge >= 0.3 is 0 Å². The van der Waals surface area contributed by atoms with E-state index in [1.165, 1.54) is 0 Å². The van der Waals surface area contributed by atoms with Crippen LogP contribution in [0.4, 0.5) is 0 Å². The fourth-order valence-electron chi connectivity index (χ4n) is 3.49. The van der Waals surface area contributed by atoms with Crippen molar-refractivity contribution < 1.29 is 13.2 Å². The van der Waals surface area contributed by atoms with Crippen LogP contribution in [0.2, 0.25) is 0 Å². The summed E-state index contributed by atoms with van der Waals surface area (Å²) in [7, 11) is -3.63. The Bertz CT molecular complexity index is 688. The van der Waals surface area contributed by atoms with E-state index in [-0.39, 0.29) is 17.5 Å². The number of hydrogen-bond acceptors (Lipinski definition) is 3. The largest absolute Gasteiger partial charge is 0.348 e. The Morgan fingerprint density at radius 3 is 2.23 bits per heavy atom. The predicted octanol–water partition coefficient (Wildman–Crippen LogP) is 3.39. The molecule has 1 aliphatic rings. The Kier molecular flexibility index (Phi) is 6.86. The Balaban J connectivity index is 1.99. The summed E-state index contributed by atoms with van der Waals surface area (Å²) in [4.78, 5) is 12.5. The molecule has 6 heteroatoms. The molecule has 0 heterocycles. The van der Waals surface area contributed by atoms with Crippen LogP contribution >= 0.6 is 0 Å². The highest BCUT2D eigenvalue weighted by molar-refractivity contribution is 7.90. The molecule has 26 heavy (non-hydrogen) atoms. The van der Waals surface area contributed by atoms with Crippen LogP contribution in [-0.4, -0.2) is 26.1 Å². The lowest BCUT2D eigenvalue weighted by Gasteiger charge is -2.32. The molecular weight excluding hydrogens is 348 g/mol. The first kappa shape index (κ1) is 20.9. The highest BCUT2D eigenvalue weighted by Gasteiger charge is 2.30. The molecule has 1 unspecified atom stereocenters. The zero-order valence-electron chi connectivity index (χ0n) is 16.3. The molecule has 1 fully saturated rings. The van der Waals surface area contributed by atoms with Crippen molar-refractivity contribution in [3.8, 4) is 0 Å². The van der Waals surface area contributed by atoms with E-state index in [2.05, 4.69) is 17.0 Å². The van der Waals surface area contributed by atoms with Gasteiger partial charge in [0.25, 0.3) is 0 Å². The molecule has 1 aliphatic carbocycles. The van der Waals surface area contributed by atoms with Gasteiger partial charge in [-0.2, -0.15) is 0 Å². The molecule has 0 radical (unpaired) electrons. The summed E-state index contributed by atoms with van der Waals surface area (Å²) in [6.07, 6.45) is 3.74. The third-order valence-corrected chi connectivity index (χ3v) is 6.32. The average Bonchev–Trinajstić information content (AvgIpc) is 2.54. The molecule has 0 bridgehead atoms. The second-order valence-corrected chi connectivity index (χ2v) is 10.4. The summed E-state index contributed by atoms with van der Waals surface area (Å²) >= 11 is 0. The van der Waals surface area contributed by atoms with Gasteiger partial charge in [0.1, 0.15) is 5.75 Å². The molecule has 0 spiro atoms. The Morgan fingerprint density at radius 1 is 1.12 bits per heavy atom. The van der Waals surface area contributed by atoms with Gasteiger partial charge in [0, 0.05) is 6.04 Å². The van der Waals surface area contributed by atoms with Crippen molar-refractivity contribution in [1.29, 1.82) is 0 Å². The van der Waals surface area contributed by atoms with Crippen LogP contribution in [0.1, 0.15) is 65.0 Å². The molecule has 1 amide bonds. The number of sulfonamides is 1. The standard InChI is InChI=1S/C20H32N2O3S/c1-15-10-12-17(13-11-15)22-26(24,25)14-18(23)21-19(20(2,3)4)16-8-6-5-7-9-16/h5-9,15,17,19,22H,10-14H2,1-4H3,(H,21,23). The van der Waals surface area contributed by atoms with Gasteiger partial charge in [0.05, 0.1) is 6.04 Å². The average molecular weight is 381 g/mol. The van der Waals surface area contributed by atoms with Crippen LogP contribution in [-0.2, 0) is 14.8 Å². The van der Waals surface area contributed by atoms with Crippen LogP contribution in [0.3, 0.4) is 0 Å². The minimum atomic E-state index is -3.63. The normalized spacial score (nSPS) is 22.6. The van der Waals surface area contributed by atoms with Gasteiger partial charge in [-0.3, -0.25) is 4.79 Å². The van der Waals surface area contributed by atoms with E-state index < -0.39 is 21.7 Å². The smallest absolute Gasteiger partial charge is 0.237 e. The topological polar surface area (TPSA) is 75.3 Å². The number of nitrogens with one attached hydrogen (secondary N) is 2. The van der Waals surface area contributed by atoms with Gasteiger partial charge in [0.2, 0.25) is 15.9 Å². The van der Waals surface area contributed by atoms with Crippen molar-refractivity contribution in [3.05, 3.63) is 35.9 Å². The molecule has 1 atom stereocenters. The Morgan fingerprint density at radius 2 is 1.69 bits per heavy atom. The maximum atomic E-state index is 12.5. The second-order valence-electron chi connectivity index (χ2n) is 8.61. The molecule has 1 aromatic carbocycles. The molecule has 5 nitrogen and oxygen atoms in total. The number of rotatable bonds is 6. The second kappa shape index (κ2) is 8.53. The van der Waals surface area contributed by atoms with Crippen LogP contribution in [0, 0.1) is 11.3 Å². The maximum absolute atomic E-state index is 12.5. The van der Waals surface area contributed by atoms with Gasteiger partial charge in [-0.25, -0.2) is 13.1 Å². The van der Waals surface area contributed by atoms with Crippen LogP contribution in [0.5, 0.6) is 0 Å². The minimum absolute atomic E-state index is 0.0449. The third kappa shape index (κ3) is 6.40. The molecule has 0 saturated heterocycles. The number of benzene rings is 1. The molecule has 2 N–H and O–H groups in total. The molecule has 0 aliphatic heterocycles. The Labute approximate surface area is 158 Å². The third-order valence-electron chi connectivity index (χ3n) is 4.99. The van der Waals surface area contributed by atoms with Crippen molar-refractivity contribution in [2.75, 3.05) is 5.75 Å². The van der Waals surface area contributed by atoms with E-state index in [0.717, 1.165) is 31.2 Å². The lowest BCUT2D eigenvalue weighted by molar-refractivity contribution is -0.120. The highest BCUT2D eigenvalue weighted by atomic mass is 32.2. The van der Waals surface area contributed by atoms with Crippen molar-refractivity contribution in [2.45, 2.75) is 65.5 Å². The van der Waals surface area contributed by atoms with E-state index in [4.69, 9.17) is 0 Å². The van der Waals surface area contributed by atoms with E-state index in [9.17, 15) is 13.2 Å². The molecule has 0 aromatic heterocycles. The molecule has 2 rings (SSSR count). The fourth-order valence-corrected chi connectivity index (χ4v) is 4.75. The number of carbonyl (C=O) groups is 1. The highest BCUT2D eigenvalue weighted by Crippen LogP contribution is 2.32. The summed E-state index contributed by atoms with van der Waals surface area (Å²) in [5.41, 5.74) is 0.744. The number of carbonyl (C=O) groups excluding carboxylic acids is 1. The van der Waals surface area contributed by atoms with Gasteiger partial charge in [-0.05, 0) is 42.6 Å². The van der Waals surface area contributed by atoms with Crippen molar-refractivity contribution in [1.82, 2.24) is 10.0 Å². The van der Waals surface area contributed by atoms with E-state index in [1.807, 2.05) is 51.1 Å². The summed E-state index contributed by atoms with van der Waals surface area (Å²) in [5, 5.41) is 2.92. The van der Waals surface area contributed by atoms with Crippen LogP contribution < -0.4 is 10.0 Å². The lowest BCUT2D eigenvalue weighted by Crippen LogP contribution is -2.44. The fraction of sp³-hybridized carbons (Fsp3) is 0.650. The summed E-state index contributed by atoms with van der Waals surface area (Å²) < 4.78 is 27.5. The summed E-state index contributed by atoms with van der Waals surface area (Å²) in [5.74, 6) is -0.346.